The molecule has 1 fully saturated rings. The largest absolute Gasteiger partial charge is 0.460 e. The van der Waals surface area contributed by atoms with E-state index in [4.69, 9.17) is 4.74 Å². The second-order valence-electron chi connectivity index (χ2n) is 5.64. The highest BCUT2D eigenvalue weighted by Gasteiger charge is 2.24. The summed E-state index contributed by atoms with van der Waals surface area (Å²) in [5.41, 5.74) is 1.15. The molecule has 0 unspecified atom stereocenters. The van der Waals surface area contributed by atoms with E-state index in [1.165, 1.54) is 6.20 Å². The minimum Gasteiger partial charge on any atom is -0.460 e. The number of aryl methyl sites for hydroxylation is 1. The number of ether oxygens (including phenoxy) is 1. The Balaban J connectivity index is 1.47. The van der Waals surface area contributed by atoms with Gasteiger partial charge in [0, 0.05) is 24.6 Å². The Labute approximate surface area is 134 Å². The van der Waals surface area contributed by atoms with Crippen molar-refractivity contribution in [3.63, 3.8) is 0 Å². The molecule has 2 heterocycles. The first-order valence-corrected chi connectivity index (χ1v) is 7.74. The smallest absolute Gasteiger partial charge is 0.316 e. The Morgan fingerprint density at radius 3 is 2.48 bits per heavy atom. The van der Waals surface area contributed by atoms with Gasteiger partial charge in [0.2, 0.25) is 0 Å². The van der Waals surface area contributed by atoms with Crippen molar-refractivity contribution in [1.29, 1.82) is 0 Å². The SMILES string of the molecule is Cc1cnc(C(=O)NC2CCC(Oc3ncccn3)CC2)cn1. The van der Waals surface area contributed by atoms with Gasteiger partial charge in [0.05, 0.1) is 11.9 Å². The van der Waals surface area contributed by atoms with E-state index in [-0.39, 0.29) is 18.1 Å². The van der Waals surface area contributed by atoms with Gasteiger partial charge in [0.15, 0.2) is 0 Å². The van der Waals surface area contributed by atoms with Crippen molar-refractivity contribution in [3.8, 4) is 6.01 Å². The van der Waals surface area contributed by atoms with Crippen molar-refractivity contribution in [3.05, 3.63) is 42.2 Å². The predicted octanol–water partition coefficient (Wildman–Crippen LogP) is 1.70. The number of hydrogen-bond acceptors (Lipinski definition) is 6. The van der Waals surface area contributed by atoms with E-state index in [9.17, 15) is 4.79 Å². The van der Waals surface area contributed by atoms with E-state index in [2.05, 4.69) is 25.3 Å². The van der Waals surface area contributed by atoms with Crippen LogP contribution in [0.3, 0.4) is 0 Å². The zero-order chi connectivity index (χ0) is 16.1. The summed E-state index contributed by atoms with van der Waals surface area (Å²) in [7, 11) is 0. The summed E-state index contributed by atoms with van der Waals surface area (Å²) in [6.45, 7) is 1.84. The number of aromatic nitrogens is 4. The van der Waals surface area contributed by atoms with Gasteiger partial charge in [-0.25, -0.2) is 15.0 Å². The third-order valence-electron chi connectivity index (χ3n) is 3.84. The molecule has 0 atom stereocenters. The quantitative estimate of drug-likeness (QED) is 0.924. The molecule has 3 rings (SSSR count). The van der Waals surface area contributed by atoms with Gasteiger partial charge in [-0.3, -0.25) is 9.78 Å². The summed E-state index contributed by atoms with van der Waals surface area (Å²) in [6.07, 6.45) is 9.99. The first-order chi connectivity index (χ1) is 11.2. The molecule has 0 aliphatic heterocycles. The van der Waals surface area contributed by atoms with Crippen LogP contribution in [0.4, 0.5) is 0 Å². The summed E-state index contributed by atoms with van der Waals surface area (Å²) < 4.78 is 5.75. The number of nitrogens with one attached hydrogen (secondary N) is 1. The number of carbonyl (C=O) groups excluding carboxylic acids is 1. The maximum Gasteiger partial charge on any atom is 0.316 e. The first-order valence-electron chi connectivity index (χ1n) is 7.74. The van der Waals surface area contributed by atoms with Gasteiger partial charge in [-0.05, 0) is 38.7 Å². The summed E-state index contributed by atoms with van der Waals surface area (Å²) in [5.74, 6) is -0.173. The van der Waals surface area contributed by atoms with E-state index < -0.39 is 0 Å². The van der Waals surface area contributed by atoms with Crippen LogP contribution in [0.2, 0.25) is 0 Å². The molecular formula is C16H19N5O2. The van der Waals surface area contributed by atoms with Crippen LogP contribution in [0, 0.1) is 6.92 Å². The van der Waals surface area contributed by atoms with Crippen molar-refractivity contribution in [2.45, 2.75) is 44.8 Å². The highest BCUT2D eigenvalue weighted by Crippen LogP contribution is 2.22. The van der Waals surface area contributed by atoms with Crippen LogP contribution in [-0.4, -0.2) is 38.0 Å². The molecule has 7 heteroatoms. The Morgan fingerprint density at radius 1 is 1.09 bits per heavy atom. The average molecular weight is 313 g/mol. The van der Waals surface area contributed by atoms with Crippen molar-refractivity contribution in [2.75, 3.05) is 0 Å². The monoisotopic (exact) mass is 313 g/mol. The average Bonchev–Trinajstić information content (AvgIpc) is 2.58. The molecule has 120 valence electrons. The van der Waals surface area contributed by atoms with Crippen LogP contribution in [-0.2, 0) is 0 Å². The molecule has 23 heavy (non-hydrogen) atoms. The molecule has 1 saturated carbocycles. The summed E-state index contributed by atoms with van der Waals surface area (Å²) in [4.78, 5) is 28.5. The van der Waals surface area contributed by atoms with Gasteiger partial charge >= 0.3 is 6.01 Å². The number of rotatable bonds is 4. The molecule has 0 radical (unpaired) electrons. The number of carbonyl (C=O) groups is 1. The highest BCUT2D eigenvalue weighted by atomic mass is 16.5. The van der Waals surface area contributed by atoms with Gasteiger partial charge in [-0.2, -0.15) is 0 Å². The van der Waals surface area contributed by atoms with E-state index in [0.717, 1.165) is 31.4 Å². The van der Waals surface area contributed by atoms with Crippen molar-refractivity contribution in [1.82, 2.24) is 25.3 Å². The highest BCUT2D eigenvalue weighted by molar-refractivity contribution is 5.92. The fourth-order valence-electron chi connectivity index (χ4n) is 2.59. The molecule has 1 N–H and O–H groups in total. The zero-order valence-corrected chi connectivity index (χ0v) is 13.0. The number of amides is 1. The second-order valence-corrected chi connectivity index (χ2v) is 5.64. The third kappa shape index (κ3) is 4.21. The van der Waals surface area contributed by atoms with Crippen LogP contribution in [0.25, 0.3) is 0 Å². The summed E-state index contributed by atoms with van der Waals surface area (Å²) in [5, 5.41) is 3.01. The van der Waals surface area contributed by atoms with Gasteiger partial charge in [-0.1, -0.05) is 0 Å². The number of nitrogens with zero attached hydrogens (tertiary/aromatic N) is 4. The van der Waals surface area contributed by atoms with Gasteiger partial charge in [-0.15, -0.1) is 0 Å². The standard InChI is InChI=1S/C16H19N5O2/c1-11-9-20-14(10-19-11)15(22)21-12-3-5-13(6-4-12)23-16-17-7-2-8-18-16/h2,7-10,12-13H,3-6H2,1H3,(H,21,22). The lowest BCUT2D eigenvalue weighted by molar-refractivity contribution is 0.0880. The van der Waals surface area contributed by atoms with Gasteiger partial charge in [0.25, 0.3) is 5.91 Å². The molecule has 1 aliphatic carbocycles. The van der Waals surface area contributed by atoms with Crippen molar-refractivity contribution in [2.24, 2.45) is 0 Å². The topological polar surface area (TPSA) is 89.9 Å². The maximum absolute atomic E-state index is 12.1. The molecule has 0 spiro atoms. The molecule has 1 aliphatic rings. The molecule has 2 aromatic heterocycles. The molecule has 2 aromatic rings. The normalized spacial score (nSPS) is 20.7. The van der Waals surface area contributed by atoms with E-state index in [0.29, 0.717) is 11.7 Å². The van der Waals surface area contributed by atoms with Crippen LogP contribution >= 0.6 is 0 Å². The fraction of sp³-hybridized carbons (Fsp3) is 0.438. The van der Waals surface area contributed by atoms with Crippen LogP contribution in [0.1, 0.15) is 41.9 Å². The maximum atomic E-state index is 12.1. The zero-order valence-electron chi connectivity index (χ0n) is 13.0. The van der Waals surface area contributed by atoms with Crippen LogP contribution in [0.15, 0.2) is 30.9 Å². The van der Waals surface area contributed by atoms with Gasteiger partial charge < -0.3 is 10.1 Å². The predicted molar refractivity (Wildman–Crippen MR) is 82.9 cm³/mol. The lowest BCUT2D eigenvalue weighted by Crippen LogP contribution is -2.40. The molecular weight excluding hydrogens is 294 g/mol. The van der Waals surface area contributed by atoms with E-state index in [1.54, 1.807) is 24.7 Å². The van der Waals surface area contributed by atoms with Gasteiger partial charge in [0.1, 0.15) is 11.8 Å². The van der Waals surface area contributed by atoms with E-state index >= 15 is 0 Å². The lowest BCUT2D eigenvalue weighted by Gasteiger charge is -2.28. The summed E-state index contributed by atoms with van der Waals surface area (Å²) in [6, 6.07) is 2.31. The van der Waals surface area contributed by atoms with Crippen LogP contribution < -0.4 is 10.1 Å². The minimum atomic E-state index is -0.173. The lowest BCUT2D eigenvalue weighted by atomic mass is 9.93. The third-order valence-corrected chi connectivity index (χ3v) is 3.84. The molecule has 0 aromatic carbocycles. The Kier molecular flexibility index (Phi) is 4.75. The molecule has 0 saturated heterocycles. The van der Waals surface area contributed by atoms with Crippen LogP contribution in [0.5, 0.6) is 6.01 Å². The Morgan fingerprint density at radius 2 is 1.83 bits per heavy atom. The fourth-order valence-corrected chi connectivity index (χ4v) is 2.59. The minimum absolute atomic E-state index is 0.102. The van der Waals surface area contributed by atoms with Crippen molar-refractivity contribution >= 4 is 5.91 Å². The second kappa shape index (κ2) is 7.13. The Hall–Kier alpha value is -2.57. The van der Waals surface area contributed by atoms with E-state index in [1.807, 2.05) is 6.92 Å². The summed E-state index contributed by atoms with van der Waals surface area (Å²) >= 11 is 0. The molecule has 1 amide bonds. The first kappa shape index (κ1) is 15.3. The molecule has 7 nitrogen and oxygen atoms in total. The molecule has 0 bridgehead atoms. The number of hydrogen-bond donors (Lipinski definition) is 1. The van der Waals surface area contributed by atoms with Crippen molar-refractivity contribution < 1.29 is 9.53 Å². The Bertz CT molecular complexity index is 639.